The highest BCUT2D eigenvalue weighted by Gasteiger charge is 2.15. The van der Waals surface area contributed by atoms with Crippen molar-refractivity contribution in [2.24, 2.45) is 0 Å². The number of benzene rings is 1. The average molecular weight is 243 g/mol. The Kier molecular flexibility index (Phi) is 3.54. The van der Waals surface area contributed by atoms with E-state index in [-0.39, 0.29) is 5.56 Å². The van der Waals surface area contributed by atoms with Gasteiger partial charge in [-0.15, -0.1) is 0 Å². The average Bonchev–Trinajstić information content (AvgIpc) is 2.17. The van der Waals surface area contributed by atoms with Crippen LogP contribution < -0.4 is 4.72 Å². The van der Waals surface area contributed by atoms with Gasteiger partial charge in [0, 0.05) is 5.69 Å². The number of carboxylic acids is 1. The third-order valence-corrected chi connectivity index (χ3v) is 3.77. The molecule has 0 saturated heterocycles. The van der Waals surface area contributed by atoms with Crippen molar-refractivity contribution in [3.05, 3.63) is 29.8 Å². The normalized spacial score (nSPS) is 11.4. The quantitative estimate of drug-likeness (QED) is 0.840. The molecule has 16 heavy (non-hydrogen) atoms. The van der Waals surface area contributed by atoms with E-state index in [2.05, 4.69) is 4.72 Å². The van der Waals surface area contributed by atoms with Gasteiger partial charge in [0.15, 0.2) is 0 Å². The smallest absolute Gasteiger partial charge is 0.335 e. The fourth-order valence-corrected chi connectivity index (χ4v) is 1.66. The molecule has 0 bridgehead atoms. The summed E-state index contributed by atoms with van der Waals surface area (Å²) in [4.78, 5) is 10.6. The van der Waals surface area contributed by atoms with Crippen LogP contribution in [0, 0.1) is 0 Å². The first-order valence-corrected chi connectivity index (χ1v) is 6.22. The van der Waals surface area contributed by atoms with Gasteiger partial charge in [-0.2, -0.15) is 0 Å². The van der Waals surface area contributed by atoms with E-state index in [4.69, 9.17) is 5.11 Å². The Balaban J connectivity index is 2.89. The van der Waals surface area contributed by atoms with Gasteiger partial charge in [0.2, 0.25) is 10.0 Å². The summed E-state index contributed by atoms with van der Waals surface area (Å²) >= 11 is 0. The molecule has 5 nitrogen and oxygen atoms in total. The van der Waals surface area contributed by atoms with E-state index in [0.717, 1.165) is 0 Å². The van der Waals surface area contributed by atoms with Crippen LogP contribution in [-0.4, -0.2) is 24.7 Å². The van der Waals surface area contributed by atoms with Gasteiger partial charge in [0.1, 0.15) is 0 Å². The molecule has 0 unspecified atom stereocenters. The summed E-state index contributed by atoms with van der Waals surface area (Å²) in [6, 6.07) is 5.54. The predicted molar refractivity (Wildman–Crippen MR) is 61.1 cm³/mol. The predicted octanol–water partition coefficient (Wildman–Crippen LogP) is 1.53. The van der Waals surface area contributed by atoms with Crippen LogP contribution in [0.15, 0.2) is 24.3 Å². The highest BCUT2D eigenvalue weighted by atomic mass is 32.2. The first-order valence-electron chi connectivity index (χ1n) is 4.68. The molecule has 1 aromatic carbocycles. The van der Waals surface area contributed by atoms with Gasteiger partial charge >= 0.3 is 5.97 Å². The van der Waals surface area contributed by atoms with E-state index < -0.39 is 21.2 Å². The Labute approximate surface area is 94.2 Å². The van der Waals surface area contributed by atoms with Crippen LogP contribution >= 0.6 is 0 Å². The molecule has 0 atom stereocenters. The number of hydrogen-bond acceptors (Lipinski definition) is 3. The third kappa shape index (κ3) is 2.96. The number of anilines is 1. The lowest BCUT2D eigenvalue weighted by molar-refractivity contribution is 0.0697. The minimum atomic E-state index is -3.38. The van der Waals surface area contributed by atoms with E-state index in [9.17, 15) is 13.2 Å². The van der Waals surface area contributed by atoms with Crippen LogP contribution in [-0.2, 0) is 10.0 Å². The van der Waals surface area contributed by atoms with Crippen molar-refractivity contribution in [1.82, 2.24) is 0 Å². The lowest BCUT2D eigenvalue weighted by Crippen LogP contribution is -2.22. The van der Waals surface area contributed by atoms with Crippen LogP contribution in [0.2, 0.25) is 0 Å². The van der Waals surface area contributed by atoms with E-state index >= 15 is 0 Å². The van der Waals surface area contributed by atoms with Crippen molar-refractivity contribution >= 4 is 21.7 Å². The molecule has 0 spiro atoms. The summed E-state index contributed by atoms with van der Waals surface area (Å²) in [6.07, 6.45) is 0. The maximum Gasteiger partial charge on any atom is 0.335 e. The summed E-state index contributed by atoms with van der Waals surface area (Å²) in [5, 5.41) is 8.12. The molecule has 0 aliphatic carbocycles. The van der Waals surface area contributed by atoms with Crippen molar-refractivity contribution in [2.45, 2.75) is 19.1 Å². The van der Waals surface area contributed by atoms with E-state index in [1.807, 2.05) is 0 Å². The van der Waals surface area contributed by atoms with Gasteiger partial charge < -0.3 is 5.11 Å². The van der Waals surface area contributed by atoms with Crippen molar-refractivity contribution in [2.75, 3.05) is 4.72 Å². The topological polar surface area (TPSA) is 83.5 Å². The second-order valence-corrected chi connectivity index (χ2v) is 5.82. The Morgan fingerprint density at radius 1 is 1.25 bits per heavy atom. The summed E-state index contributed by atoms with van der Waals surface area (Å²) in [5.74, 6) is -1.04. The summed E-state index contributed by atoms with van der Waals surface area (Å²) < 4.78 is 25.3. The highest BCUT2D eigenvalue weighted by Crippen LogP contribution is 2.13. The van der Waals surface area contributed by atoms with E-state index in [0.29, 0.717) is 5.69 Å². The summed E-state index contributed by atoms with van der Waals surface area (Å²) in [5.41, 5.74) is 0.478. The van der Waals surface area contributed by atoms with Gasteiger partial charge in [-0.1, -0.05) is 0 Å². The molecule has 0 radical (unpaired) electrons. The van der Waals surface area contributed by atoms with E-state index in [1.54, 1.807) is 13.8 Å². The number of aromatic carboxylic acids is 1. The lowest BCUT2D eigenvalue weighted by Gasteiger charge is -2.10. The molecule has 0 saturated carbocycles. The molecular formula is C10H13NO4S. The maximum absolute atomic E-state index is 11.5. The van der Waals surface area contributed by atoms with Crippen LogP contribution in [0.3, 0.4) is 0 Å². The minimum Gasteiger partial charge on any atom is -0.478 e. The lowest BCUT2D eigenvalue weighted by atomic mass is 10.2. The second kappa shape index (κ2) is 4.52. The molecule has 0 aliphatic heterocycles. The molecule has 0 aliphatic rings. The van der Waals surface area contributed by atoms with Crippen molar-refractivity contribution in [3.8, 4) is 0 Å². The SMILES string of the molecule is CC(C)S(=O)(=O)Nc1ccc(C(=O)O)cc1. The zero-order chi connectivity index (χ0) is 12.3. The Morgan fingerprint density at radius 2 is 1.75 bits per heavy atom. The number of carboxylic acid groups (broad SMARTS) is 1. The number of rotatable bonds is 4. The molecule has 1 rings (SSSR count). The molecule has 0 fully saturated rings. The zero-order valence-electron chi connectivity index (χ0n) is 8.97. The Bertz CT molecular complexity index is 476. The third-order valence-electron chi connectivity index (χ3n) is 2.01. The first kappa shape index (κ1) is 12.5. The molecular weight excluding hydrogens is 230 g/mol. The molecule has 6 heteroatoms. The zero-order valence-corrected chi connectivity index (χ0v) is 9.78. The van der Waals surface area contributed by atoms with Gasteiger partial charge in [-0.05, 0) is 38.1 Å². The van der Waals surface area contributed by atoms with Gasteiger partial charge in [0.05, 0.1) is 10.8 Å². The first-order chi connectivity index (χ1) is 7.33. The molecule has 0 heterocycles. The minimum absolute atomic E-state index is 0.118. The van der Waals surface area contributed by atoms with Gasteiger partial charge in [-0.3, -0.25) is 4.72 Å². The number of hydrogen-bond donors (Lipinski definition) is 2. The number of nitrogens with one attached hydrogen (secondary N) is 1. The second-order valence-electron chi connectivity index (χ2n) is 3.58. The molecule has 1 aromatic rings. The Morgan fingerprint density at radius 3 is 2.12 bits per heavy atom. The van der Waals surface area contributed by atoms with Crippen LogP contribution in [0.4, 0.5) is 5.69 Å². The number of carbonyl (C=O) groups is 1. The molecule has 2 N–H and O–H groups in total. The standard InChI is InChI=1S/C10H13NO4S/c1-7(2)16(14,15)11-9-5-3-8(4-6-9)10(12)13/h3-7,11H,1-2H3,(H,12,13). The summed E-state index contributed by atoms with van der Waals surface area (Å²) in [6.45, 7) is 3.13. The van der Waals surface area contributed by atoms with Gasteiger partial charge in [-0.25, -0.2) is 13.2 Å². The Hall–Kier alpha value is -1.56. The highest BCUT2D eigenvalue weighted by molar-refractivity contribution is 7.93. The monoisotopic (exact) mass is 243 g/mol. The maximum atomic E-state index is 11.5. The molecule has 0 amide bonds. The van der Waals surface area contributed by atoms with Gasteiger partial charge in [0.25, 0.3) is 0 Å². The van der Waals surface area contributed by atoms with Crippen molar-refractivity contribution < 1.29 is 18.3 Å². The van der Waals surface area contributed by atoms with Crippen LogP contribution in [0.5, 0.6) is 0 Å². The largest absolute Gasteiger partial charge is 0.478 e. The fraction of sp³-hybridized carbons (Fsp3) is 0.300. The van der Waals surface area contributed by atoms with E-state index in [1.165, 1.54) is 24.3 Å². The summed E-state index contributed by atoms with van der Waals surface area (Å²) in [7, 11) is -3.38. The van der Waals surface area contributed by atoms with Crippen molar-refractivity contribution in [3.63, 3.8) is 0 Å². The van der Waals surface area contributed by atoms with Crippen LogP contribution in [0.25, 0.3) is 0 Å². The molecule has 88 valence electrons. The van der Waals surface area contributed by atoms with Crippen molar-refractivity contribution in [1.29, 1.82) is 0 Å². The fourth-order valence-electron chi connectivity index (χ4n) is 0.963. The number of sulfonamides is 1. The molecule has 0 aromatic heterocycles. The van der Waals surface area contributed by atoms with Crippen LogP contribution in [0.1, 0.15) is 24.2 Å².